The van der Waals surface area contributed by atoms with Gasteiger partial charge in [-0.1, -0.05) is 42.5 Å². The average molecular weight is 389 g/mol. The number of aromatic hydroxyl groups is 1. The second-order valence-electron chi connectivity index (χ2n) is 6.61. The molecule has 1 aliphatic heterocycles. The molecule has 6 heteroatoms. The van der Waals surface area contributed by atoms with Crippen LogP contribution >= 0.6 is 0 Å². The standard InChI is InChI=1S/C23H16FNO4/c24-16-8-4-7-15(13-16)20-19(21(27)14-5-2-1-3-6-14)22(28)23(29)25(20)17-9-11-18(26)12-10-17/h1-13,20,26-27H/b21-19+/t20-/m0/s1. The van der Waals surface area contributed by atoms with Crippen molar-refractivity contribution < 1.29 is 24.2 Å². The molecule has 0 aromatic heterocycles. The van der Waals surface area contributed by atoms with Crippen LogP contribution in [0.1, 0.15) is 17.2 Å². The lowest BCUT2D eigenvalue weighted by atomic mass is 9.95. The van der Waals surface area contributed by atoms with Crippen LogP contribution in [-0.4, -0.2) is 21.9 Å². The summed E-state index contributed by atoms with van der Waals surface area (Å²) in [5.74, 6) is -2.58. The van der Waals surface area contributed by atoms with Crippen LogP contribution in [0.5, 0.6) is 5.75 Å². The molecule has 4 rings (SSSR count). The van der Waals surface area contributed by atoms with Gasteiger partial charge in [-0.2, -0.15) is 0 Å². The Morgan fingerprint density at radius 1 is 0.897 bits per heavy atom. The molecule has 1 aliphatic rings. The number of nitrogens with zero attached hydrogens (tertiary/aromatic N) is 1. The number of benzene rings is 3. The molecule has 0 bridgehead atoms. The molecule has 0 spiro atoms. The maximum absolute atomic E-state index is 13.9. The van der Waals surface area contributed by atoms with Gasteiger partial charge in [0, 0.05) is 11.3 Å². The molecule has 1 fully saturated rings. The highest BCUT2D eigenvalue weighted by molar-refractivity contribution is 6.51. The first-order valence-electron chi connectivity index (χ1n) is 8.88. The molecule has 5 nitrogen and oxygen atoms in total. The number of phenolic OH excluding ortho intramolecular Hbond substituents is 1. The Labute approximate surface area is 166 Å². The van der Waals surface area contributed by atoms with Gasteiger partial charge in [-0.15, -0.1) is 0 Å². The zero-order chi connectivity index (χ0) is 20.5. The van der Waals surface area contributed by atoms with E-state index in [1.54, 1.807) is 36.4 Å². The van der Waals surface area contributed by atoms with E-state index in [-0.39, 0.29) is 17.1 Å². The number of aliphatic hydroxyl groups is 1. The third-order valence-corrected chi connectivity index (χ3v) is 4.78. The van der Waals surface area contributed by atoms with E-state index in [2.05, 4.69) is 0 Å². The molecule has 0 saturated carbocycles. The third kappa shape index (κ3) is 3.25. The van der Waals surface area contributed by atoms with Gasteiger partial charge in [-0.3, -0.25) is 14.5 Å². The van der Waals surface area contributed by atoms with Crippen LogP contribution in [-0.2, 0) is 9.59 Å². The van der Waals surface area contributed by atoms with Crippen LogP contribution in [0, 0.1) is 5.82 Å². The second kappa shape index (κ2) is 7.24. The lowest BCUT2D eigenvalue weighted by molar-refractivity contribution is -0.132. The van der Waals surface area contributed by atoms with Gasteiger partial charge in [0.25, 0.3) is 11.7 Å². The summed E-state index contributed by atoms with van der Waals surface area (Å²) in [6.07, 6.45) is 0. The molecular weight excluding hydrogens is 373 g/mol. The highest BCUT2D eigenvalue weighted by Gasteiger charge is 2.47. The van der Waals surface area contributed by atoms with Crippen LogP contribution in [0.25, 0.3) is 5.76 Å². The Hall–Kier alpha value is -3.93. The molecule has 1 heterocycles. The minimum absolute atomic E-state index is 0.00285. The quantitative estimate of drug-likeness (QED) is 0.401. The predicted octanol–water partition coefficient (Wildman–Crippen LogP) is 4.16. The van der Waals surface area contributed by atoms with Gasteiger partial charge in [-0.05, 0) is 42.0 Å². The summed E-state index contributed by atoms with van der Waals surface area (Å²) in [6, 6.07) is 18.6. The van der Waals surface area contributed by atoms with Crippen molar-refractivity contribution in [1.82, 2.24) is 0 Å². The zero-order valence-electron chi connectivity index (χ0n) is 15.1. The normalized spacial score (nSPS) is 18.2. The van der Waals surface area contributed by atoms with Crippen molar-refractivity contribution in [2.45, 2.75) is 6.04 Å². The van der Waals surface area contributed by atoms with E-state index in [4.69, 9.17) is 0 Å². The number of ketones is 1. The Morgan fingerprint density at radius 2 is 1.59 bits per heavy atom. The molecule has 29 heavy (non-hydrogen) atoms. The largest absolute Gasteiger partial charge is 0.508 e. The van der Waals surface area contributed by atoms with E-state index < -0.39 is 23.5 Å². The summed E-state index contributed by atoms with van der Waals surface area (Å²) in [5.41, 5.74) is 0.929. The van der Waals surface area contributed by atoms with Crippen LogP contribution < -0.4 is 4.90 Å². The highest BCUT2D eigenvalue weighted by Crippen LogP contribution is 2.42. The number of hydrogen-bond donors (Lipinski definition) is 2. The Kier molecular flexibility index (Phi) is 4.60. The lowest BCUT2D eigenvalue weighted by Gasteiger charge is -2.25. The summed E-state index contributed by atoms with van der Waals surface area (Å²) in [5, 5.41) is 20.4. The summed E-state index contributed by atoms with van der Waals surface area (Å²) in [6.45, 7) is 0. The number of carbonyl (C=O) groups excluding carboxylic acids is 2. The summed E-state index contributed by atoms with van der Waals surface area (Å²) < 4.78 is 13.9. The fourth-order valence-electron chi connectivity index (χ4n) is 3.46. The Balaban J connectivity index is 1.96. The predicted molar refractivity (Wildman–Crippen MR) is 106 cm³/mol. The number of halogens is 1. The minimum atomic E-state index is -1.02. The number of anilines is 1. The highest BCUT2D eigenvalue weighted by atomic mass is 19.1. The van der Waals surface area contributed by atoms with E-state index in [1.165, 1.54) is 47.4 Å². The number of phenols is 1. The second-order valence-corrected chi connectivity index (χ2v) is 6.61. The SMILES string of the molecule is O=C1C(=O)N(c2ccc(O)cc2)[C@@H](c2cccc(F)c2)/C1=C(\O)c1ccccc1. The minimum Gasteiger partial charge on any atom is -0.508 e. The van der Waals surface area contributed by atoms with Gasteiger partial charge >= 0.3 is 0 Å². The molecule has 0 aliphatic carbocycles. The van der Waals surface area contributed by atoms with E-state index in [1.807, 2.05) is 0 Å². The van der Waals surface area contributed by atoms with Crippen molar-refractivity contribution in [3.8, 4) is 5.75 Å². The topological polar surface area (TPSA) is 77.8 Å². The van der Waals surface area contributed by atoms with E-state index in [0.29, 0.717) is 16.8 Å². The van der Waals surface area contributed by atoms with E-state index >= 15 is 0 Å². The molecule has 2 N–H and O–H groups in total. The van der Waals surface area contributed by atoms with Crippen molar-refractivity contribution in [1.29, 1.82) is 0 Å². The zero-order valence-corrected chi connectivity index (χ0v) is 15.1. The monoisotopic (exact) mass is 389 g/mol. The maximum atomic E-state index is 13.9. The molecule has 3 aromatic rings. The number of amides is 1. The summed E-state index contributed by atoms with van der Waals surface area (Å²) in [4.78, 5) is 27.0. The number of carbonyl (C=O) groups is 2. The summed E-state index contributed by atoms with van der Waals surface area (Å²) >= 11 is 0. The number of hydrogen-bond acceptors (Lipinski definition) is 4. The average Bonchev–Trinajstić information content (AvgIpc) is 3.00. The van der Waals surface area contributed by atoms with Gasteiger partial charge in [0.15, 0.2) is 0 Å². The van der Waals surface area contributed by atoms with E-state index in [0.717, 1.165) is 0 Å². The van der Waals surface area contributed by atoms with Gasteiger partial charge in [-0.25, -0.2) is 4.39 Å². The molecular formula is C23H16FNO4. The first-order valence-corrected chi connectivity index (χ1v) is 8.88. The third-order valence-electron chi connectivity index (χ3n) is 4.78. The van der Waals surface area contributed by atoms with Gasteiger partial charge < -0.3 is 10.2 Å². The Morgan fingerprint density at radius 3 is 2.24 bits per heavy atom. The van der Waals surface area contributed by atoms with Crippen LogP contribution in [0.3, 0.4) is 0 Å². The molecule has 3 aromatic carbocycles. The number of Topliss-reactive ketones (excluding diaryl/α,β-unsaturated/α-hetero) is 1. The van der Waals surface area contributed by atoms with Crippen molar-refractivity contribution in [2.75, 3.05) is 4.90 Å². The molecule has 1 amide bonds. The lowest BCUT2D eigenvalue weighted by Crippen LogP contribution is -2.29. The van der Waals surface area contributed by atoms with Crippen molar-refractivity contribution in [2.24, 2.45) is 0 Å². The fraction of sp³-hybridized carbons (Fsp3) is 0.0435. The van der Waals surface area contributed by atoms with Gasteiger partial charge in [0.2, 0.25) is 0 Å². The van der Waals surface area contributed by atoms with Crippen LogP contribution in [0.4, 0.5) is 10.1 Å². The molecule has 1 atom stereocenters. The van der Waals surface area contributed by atoms with Crippen molar-refractivity contribution >= 4 is 23.1 Å². The van der Waals surface area contributed by atoms with E-state index in [9.17, 15) is 24.2 Å². The summed E-state index contributed by atoms with van der Waals surface area (Å²) in [7, 11) is 0. The van der Waals surface area contributed by atoms with Gasteiger partial charge in [0.1, 0.15) is 17.3 Å². The molecule has 1 saturated heterocycles. The van der Waals surface area contributed by atoms with Crippen LogP contribution in [0.2, 0.25) is 0 Å². The van der Waals surface area contributed by atoms with Crippen LogP contribution in [0.15, 0.2) is 84.4 Å². The fourth-order valence-corrected chi connectivity index (χ4v) is 3.46. The smallest absolute Gasteiger partial charge is 0.300 e. The first-order chi connectivity index (χ1) is 14.0. The molecule has 0 unspecified atom stereocenters. The van der Waals surface area contributed by atoms with Crippen molar-refractivity contribution in [3.05, 3.63) is 101 Å². The maximum Gasteiger partial charge on any atom is 0.300 e. The number of aliphatic hydroxyl groups excluding tert-OH is 1. The van der Waals surface area contributed by atoms with Gasteiger partial charge in [0.05, 0.1) is 11.6 Å². The molecule has 0 radical (unpaired) electrons. The first kappa shape index (κ1) is 18.4. The Bertz CT molecular complexity index is 1120. The number of rotatable bonds is 3. The molecule has 144 valence electrons. The van der Waals surface area contributed by atoms with Crippen molar-refractivity contribution in [3.63, 3.8) is 0 Å².